The predicted octanol–water partition coefficient (Wildman–Crippen LogP) is 3.28. The minimum Gasteiger partial charge on any atom is -0.442 e. The number of anilines is 2. The van der Waals surface area contributed by atoms with Gasteiger partial charge in [-0.2, -0.15) is 13.2 Å². The fourth-order valence-corrected chi connectivity index (χ4v) is 4.43. The third-order valence-corrected chi connectivity index (χ3v) is 6.41. The number of hydrogen-bond donors (Lipinski definition) is 2. The molecule has 2 aliphatic rings. The van der Waals surface area contributed by atoms with Crippen LogP contribution in [0, 0.1) is 5.82 Å². The molecule has 2 fully saturated rings. The van der Waals surface area contributed by atoms with E-state index >= 15 is 0 Å². The van der Waals surface area contributed by atoms with Crippen molar-refractivity contribution in [2.75, 3.05) is 49.2 Å². The number of carbonyl (C=O) groups excluding carboxylic acids is 2. The summed E-state index contributed by atoms with van der Waals surface area (Å²) in [6, 6.07) is 7.00. The van der Waals surface area contributed by atoms with E-state index in [1.54, 1.807) is 12.1 Å². The average molecular weight is 534 g/mol. The lowest BCUT2D eigenvalue weighted by molar-refractivity contribution is -0.137. The standard InChI is InChI=1S/C25H22F4N4O5/c26-19-10-15(2-4-21(19)32-5-7-37-8-6-32)33-13-16(38-24(33)36)11-31-23(35)18-12-30-20-9-14(25(27,28)29)1-3-17(20)22(18)34/h1-4,9-10,12,16H,5-8,11,13H2,(H,30,34)(H,31,35)/t16-/m0/s1. The van der Waals surface area contributed by atoms with E-state index in [9.17, 15) is 31.9 Å². The van der Waals surface area contributed by atoms with Gasteiger partial charge in [0.05, 0.1) is 43.2 Å². The Morgan fingerprint density at radius 3 is 2.58 bits per heavy atom. The zero-order valence-electron chi connectivity index (χ0n) is 19.8. The number of benzene rings is 2. The molecule has 0 aliphatic carbocycles. The fourth-order valence-electron chi connectivity index (χ4n) is 4.43. The number of morpholine rings is 1. The van der Waals surface area contributed by atoms with Gasteiger partial charge in [-0.15, -0.1) is 0 Å². The molecule has 13 heteroatoms. The van der Waals surface area contributed by atoms with Gasteiger partial charge in [0.1, 0.15) is 17.5 Å². The molecule has 0 unspecified atom stereocenters. The Labute approximate surface area is 212 Å². The molecular weight excluding hydrogens is 512 g/mol. The molecule has 2 aliphatic heterocycles. The summed E-state index contributed by atoms with van der Waals surface area (Å²) in [5.41, 5.74) is -1.34. The van der Waals surface area contributed by atoms with E-state index in [1.165, 1.54) is 11.0 Å². The molecule has 1 aromatic heterocycles. The van der Waals surface area contributed by atoms with E-state index in [2.05, 4.69) is 10.3 Å². The number of nitrogens with zero attached hydrogens (tertiary/aromatic N) is 2. The lowest BCUT2D eigenvalue weighted by atomic mass is 10.1. The van der Waals surface area contributed by atoms with Gasteiger partial charge >= 0.3 is 12.3 Å². The second-order valence-electron chi connectivity index (χ2n) is 8.85. The van der Waals surface area contributed by atoms with E-state index < -0.39 is 41.1 Å². The SMILES string of the molecule is O=C(NC[C@H]1CN(c2ccc(N3CCOCC3)c(F)c2)C(=O)O1)c1c[nH]c2cc(C(F)(F)F)ccc2c1=O. The largest absolute Gasteiger partial charge is 0.442 e. The molecular formula is C25H22F4N4O5. The maximum absolute atomic E-state index is 14.8. The van der Waals surface area contributed by atoms with Gasteiger partial charge in [0, 0.05) is 30.2 Å². The summed E-state index contributed by atoms with van der Waals surface area (Å²) in [6.07, 6.45) is -5.04. The second-order valence-corrected chi connectivity index (χ2v) is 8.85. The van der Waals surface area contributed by atoms with Gasteiger partial charge in [-0.3, -0.25) is 14.5 Å². The van der Waals surface area contributed by atoms with Crippen molar-refractivity contribution in [2.24, 2.45) is 0 Å². The van der Waals surface area contributed by atoms with Crippen LogP contribution in [0.3, 0.4) is 0 Å². The number of carbonyl (C=O) groups is 2. The number of H-pyrrole nitrogens is 1. The van der Waals surface area contributed by atoms with Crippen molar-refractivity contribution in [1.29, 1.82) is 0 Å². The van der Waals surface area contributed by atoms with Gasteiger partial charge < -0.3 is 24.7 Å². The maximum Gasteiger partial charge on any atom is 0.416 e. The minimum absolute atomic E-state index is 0.0315. The zero-order valence-corrected chi connectivity index (χ0v) is 19.8. The first-order chi connectivity index (χ1) is 18.1. The molecule has 2 aromatic carbocycles. The Morgan fingerprint density at radius 2 is 1.87 bits per heavy atom. The van der Waals surface area contributed by atoms with E-state index in [4.69, 9.17) is 9.47 Å². The Morgan fingerprint density at radius 1 is 1.11 bits per heavy atom. The van der Waals surface area contributed by atoms with Crippen LogP contribution in [0.2, 0.25) is 0 Å². The zero-order chi connectivity index (χ0) is 27.0. The Hall–Kier alpha value is -4.13. The number of aromatic nitrogens is 1. The first kappa shape index (κ1) is 25.5. The number of cyclic esters (lactones) is 1. The summed E-state index contributed by atoms with van der Waals surface area (Å²) < 4.78 is 64.1. The monoisotopic (exact) mass is 534 g/mol. The highest BCUT2D eigenvalue weighted by atomic mass is 19.4. The van der Waals surface area contributed by atoms with Crippen molar-refractivity contribution in [1.82, 2.24) is 10.3 Å². The number of aromatic amines is 1. The fraction of sp³-hybridized carbons (Fsp3) is 0.320. The number of fused-ring (bicyclic) bond motifs is 1. The highest BCUT2D eigenvalue weighted by Gasteiger charge is 2.34. The minimum atomic E-state index is -4.58. The summed E-state index contributed by atoms with van der Waals surface area (Å²) >= 11 is 0. The highest BCUT2D eigenvalue weighted by molar-refractivity contribution is 5.97. The predicted molar refractivity (Wildman–Crippen MR) is 129 cm³/mol. The van der Waals surface area contributed by atoms with E-state index in [1.807, 2.05) is 4.90 Å². The Bertz CT molecular complexity index is 1450. The molecule has 200 valence electrons. The summed E-state index contributed by atoms with van der Waals surface area (Å²) in [5, 5.41) is 2.43. The van der Waals surface area contributed by atoms with Crippen molar-refractivity contribution in [3.8, 4) is 0 Å². The molecule has 0 bridgehead atoms. The van der Waals surface area contributed by atoms with E-state index in [-0.39, 0.29) is 29.6 Å². The van der Waals surface area contributed by atoms with Crippen LogP contribution in [-0.2, 0) is 15.7 Å². The molecule has 9 nitrogen and oxygen atoms in total. The number of nitrogens with one attached hydrogen (secondary N) is 2. The van der Waals surface area contributed by atoms with Crippen molar-refractivity contribution < 1.29 is 36.6 Å². The molecule has 0 radical (unpaired) electrons. The van der Waals surface area contributed by atoms with E-state index in [0.29, 0.717) is 37.7 Å². The number of alkyl halides is 3. The molecule has 0 saturated carbocycles. The second kappa shape index (κ2) is 9.97. The van der Waals surface area contributed by atoms with Gasteiger partial charge in [-0.05, 0) is 36.4 Å². The van der Waals surface area contributed by atoms with E-state index in [0.717, 1.165) is 24.4 Å². The van der Waals surface area contributed by atoms with Crippen LogP contribution in [0.5, 0.6) is 0 Å². The van der Waals surface area contributed by atoms with Crippen LogP contribution in [0.4, 0.5) is 33.7 Å². The third-order valence-electron chi connectivity index (χ3n) is 6.41. The molecule has 3 aromatic rings. The van der Waals surface area contributed by atoms with Crippen LogP contribution < -0.4 is 20.5 Å². The average Bonchev–Trinajstić information content (AvgIpc) is 3.27. The van der Waals surface area contributed by atoms with Gasteiger partial charge in [-0.25, -0.2) is 9.18 Å². The lowest BCUT2D eigenvalue weighted by Gasteiger charge is -2.29. The molecule has 2 N–H and O–H groups in total. The first-order valence-corrected chi connectivity index (χ1v) is 11.7. The van der Waals surface area contributed by atoms with Crippen molar-refractivity contribution in [3.63, 3.8) is 0 Å². The van der Waals surface area contributed by atoms with Gasteiger partial charge in [0.15, 0.2) is 0 Å². The smallest absolute Gasteiger partial charge is 0.416 e. The number of rotatable bonds is 5. The molecule has 38 heavy (non-hydrogen) atoms. The molecule has 1 atom stereocenters. The topological polar surface area (TPSA) is 104 Å². The molecule has 2 saturated heterocycles. The van der Waals surface area contributed by atoms with Crippen LogP contribution in [0.25, 0.3) is 10.9 Å². The van der Waals surface area contributed by atoms with Crippen LogP contribution in [-0.4, -0.2) is 62.5 Å². The lowest BCUT2D eigenvalue weighted by Crippen LogP contribution is -2.37. The number of pyridine rings is 1. The molecule has 0 spiro atoms. The summed E-state index contributed by atoms with van der Waals surface area (Å²) in [5.74, 6) is -1.28. The molecule has 2 amide bonds. The number of hydrogen-bond acceptors (Lipinski definition) is 6. The summed E-state index contributed by atoms with van der Waals surface area (Å²) in [4.78, 5) is 43.4. The maximum atomic E-state index is 14.8. The normalized spacial score (nSPS) is 18.1. The summed E-state index contributed by atoms with van der Waals surface area (Å²) in [6.45, 7) is 1.99. The number of ether oxygens (including phenoxy) is 2. The number of amides is 2. The Balaban J connectivity index is 1.24. The van der Waals surface area contributed by atoms with Crippen LogP contribution >= 0.6 is 0 Å². The van der Waals surface area contributed by atoms with Crippen molar-refractivity contribution in [2.45, 2.75) is 12.3 Å². The molecule has 3 heterocycles. The quantitative estimate of drug-likeness (QED) is 0.487. The van der Waals surface area contributed by atoms with Crippen LogP contribution in [0.15, 0.2) is 47.4 Å². The van der Waals surface area contributed by atoms with Crippen LogP contribution in [0.1, 0.15) is 15.9 Å². The van der Waals surface area contributed by atoms with Gasteiger partial charge in [0.25, 0.3) is 5.91 Å². The van der Waals surface area contributed by atoms with Crippen molar-refractivity contribution in [3.05, 3.63) is 69.8 Å². The van der Waals surface area contributed by atoms with Crippen molar-refractivity contribution >= 4 is 34.3 Å². The molecule has 5 rings (SSSR count). The Kier molecular flexibility index (Phi) is 6.69. The third kappa shape index (κ3) is 5.01. The first-order valence-electron chi connectivity index (χ1n) is 11.7. The highest BCUT2D eigenvalue weighted by Crippen LogP contribution is 2.31. The number of halogens is 4. The van der Waals surface area contributed by atoms with Gasteiger partial charge in [0.2, 0.25) is 5.43 Å². The summed E-state index contributed by atoms with van der Waals surface area (Å²) in [7, 11) is 0. The van der Waals surface area contributed by atoms with Gasteiger partial charge in [-0.1, -0.05) is 0 Å².